The van der Waals surface area contributed by atoms with Gasteiger partial charge in [-0.2, -0.15) is 0 Å². The number of hydrazine groups is 1. The molecule has 0 aromatic carbocycles. The first-order chi connectivity index (χ1) is 20.4. The summed E-state index contributed by atoms with van der Waals surface area (Å²) in [6.45, 7) is 10.1. The van der Waals surface area contributed by atoms with Gasteiger partial charge in [-0.1, -0.05) is 52.8 Å². The number of likely N-dealkylation sites (N-methyl/N-ethyl adjacent to an activating group) is 3. The summed E-state index contributed by atoms with van der Waals surface area (Å²) < 4.78 is 0. The molecule has 2 rings (SSSR count). The number of nitrogens with zero attached hydrogens (tertiary/aromatic N) is 3. The Balaban J connectivity index is 2.33. The molecule has 43 heavy (non-hydrogen) atoms. The van der Waals surface area contributed by atoms with E-state index in [9.17, 15) is 24.0 Å². The minimum absolute atomic E-state index is 0.110. The van der Waals surface area contributed by atoms with Crippen LogP contribution in [0.1, 0.15) is 79.6 Å². The average Bonchev–Trinajstić information content (AvgIpc) is 3.00. The average molecular weight is 603 g/mol. The van der Waals surface area contributed by atoms with E-state index in [1.54, 1.807) is 21.1 Å². The minimum atomic E-state index is -0.875. The fourth-order valence-corrected chi connectivity index (χ4v) is 5.64. The van der Waals surface area contributed by atoms with Crippen LogP contribution < -0.4 is 16.1 Å². The standard InChI is InChI=1S/C32H54N6O5/c1-9-26(36(7)30(41)24(33-6)18-21(2)3)32(43)38-27(16-13-17-34-38)31(42)37(8)28(19-23-14-11-10-12-15-23)29(40)35-25(20-39)22(4)5/h11,14-15,20-22,24-28,33-34H,9-10,12-13,16-19H2,1-8H3,(H,35,40). The van der Waals surface area contributed by atoms with Crippen LogP contribution in [0.25, 0.3) is 0 Å². The summed E-state index contributed by atoms with van der Waals surface area (Å²) in [7, 11) is 4.96. The Labute approximate surface area is 257 Å². The van der Waals surface area contributed by atoms with Crippen LogP contribution in [0.3, 0.4) is 0 Å². The molecule has 0 saturated carbocycles. The molecule has 0 spiro atoms. The van der Waals surface area contributed by atoms with Crippen molar-refractivity contribution >= 4 is 29.9 Å². The molecule has 242 valence electrons. The normalized spacial score (nSPS) is 19.7. The van der Waals surface area contributed by atoms with Crippen LogP contribution in [0.4, 0.5) is 0 Å². The Hall–Kier alpha value is -3.05. The number of nitrogens with one attached hydrogen (secondary N) is 3. The maximum absolute atomic E-state index is 14.1. The second kappa shape index (κ2) is 17.3. The van der Waals surface area contributed by atoms with Gasteiger partial charge >= 0.3 is 0 Å². The van der Waals surface area contributed by atoms with Crippen molar-refractivity contribution in [1.82, 2.24) is 30.9 Å². The Kier molecular flexibility index (Phi) is 14.5. The lowest BCUT2D eigenvalue weighted by molar-refractivity contribution is -0.158. The molecule has 0 aromatic heterocycles. The largest absolute Gasteiger partial charge is 0.345 e. The molecule has 11 nitrogen and oxygen atoms in total. The summed E-state index contributed by atoms with van der Waals surface area (Å²) in [5.74, 6) is -1.13. The molecule has 1 aliphatic heterocycles. The number of carbonyl (C=O) groups excluding carboxylic acids is 5. The quantitative estimate of drug-likeness (QED) is 0.245. The molecule has 4 amide bonds. The molecule has 3 N–H and O–H groups in total. The highest BCUT2D eigenvalue weighted by molar-refractivity contribution is 5.95. The summed E-state index contributed by atoms with van der Waals surface area (Å²) in [4.78, 5) is 69.5. The topological polar surface area (TPSA) is 131 Å². The Morgan fingerprint density at radius 3 is 2.33 bits per heavy atom. The van der Waals surface area contributed by atoms with Crippen LogP contribution in [0.2, 0.25) is 0 Å². The number of hydrogen-bond donors (Lipinski definition) is 3. The molecule has 0 aromatic rings. The van der Waals surface area contributed by atoms with Gasteiger partial charge in [0.1, 0.15) is 24.4 Å². The van der Waals surface area contributed by atoms with Gasteiger partial charge in [-0.05, 0) is 63.0 Å². The van der Waals surface area contributed by atoms with E-state index in [0.717, 1.165) is 24.7 Å². The van der Waals surface area contributed by atoms with Crippen molar-refractivity contribution in [3.05, 3.63) is 23.8 Å². The highest BCUT2D eigenvalue weighted by Crippen LogP contribution is 2.23. The van der Waals surface area contributed by atoms with Gasteiger partial charge in [-0.15, -0.1) is 0 Å². The van der Waals surface area contributed by atoms with Crippen LogP contribution in [-0.2, 0) is 24.0 Å². The van der Waals surface area contributed by atoms with Gasteiger partial charge < -0.3 is 25.2 Å². The molecule has 1 saturated heterocycles. The third kappa shape index (κ3) is 9.72. The third-order valence-corrected chi connectivity index (χ3v) is 8.40. The SMILES string of the molecule is CCC(C(=O)N1NCCCC1C(=O)N(C)C(CC1=CCCC=C1)C(=O)NC(C=O)C(C)C)N(C)C(=O)C(CC(C)C)NC. The monoisotopic (exact) mass is 602 g/mol. The Morgan fingerprint density at radius 1 is 1.09 bits per heavy atom. The van der Waals surface area contributed by atoms with E-state index in [1.165, 1.54) is 14.8 Å². The summed E-state index contributed by atoms with van der Waals surface area (Å²) in [5.41, 5.74) is 4.05. The summed E-state index contributed by atoms with van der Waals surface area (Å²) in [5, 5.41) is 7.26. The zero-order chi connectivity index (χ0) is 32.3. The molecular weight excluding hydrogens is 548 g/mol. The van der Waals surface area contributed by atoms with Crippen LogP contribution in [-0.4, -0.2) is 103 Å². The van der Waals surface area contributed by atoms with Gasteiger partial charge in [0.2, 0.25) is 17.7 Å². The van der Waals surface area contributed by atoms with E-state index in [-0.39, 0.29) is 23.6 Å². The number of aldehydes is 1. The molecule has 11 heteroatoms. The smallest absolute Gasteiger partial charge is 0.260 e. The fraction of sp³-hybridized carbons (Fsp3) is 0.719. The van der Waals surface area contributed by atoms with Crippen molar-refractivity contribution < 1.29 is 24.0 Å². The van der Waals surface area contributed by atoms with Crippen molar-refractivity contribution in [3.8, 4) is 0 Å². The predicted molar refractivity (Wildman–Crippen MR) is 167 cm³/mol. The molecule has 2 aliphatic rings. The predicted octanol–water partition coefficient (Wildman–Crippen LogP) is 2.19. The number of allylic oxidation sites excluding steroid dienone is 3. The summed E-state index contributed by atoms with van der Waals surface area (Å²) >= 11 is 0. The molecule has 1 heterocycles. The maximum atomic E-state index is 14.1. The van der Waals surface area contributed by atoms with Crippen molar-refractivity contribution in [3.63, 3.8) is 0 Å². The van der Waals surface area contributed by atoms with Crippen molar-refractivity contribution in [1.29, 1.82) is 0 Å². The fourth-order valence-electron chi connectivity index (χ4n) is 5.64. The lowest BCUT2D eigenvalue weighted by atomic mass is 9.96. The maximum Gasteiger partial charge on any atom is 0.260 e. The molecular formula is C32H54N6O5. The van der Waals surface area contributed by atoms with E-state index in [0.29, 0.717) is 44.6 Å². The lowest BCUT2D eigenvalue weighted by Gasteiger charge is -2.41. The summed E-state index contributed by atoms with van der Waals surface area (Å²) in [6, 6.07) is -3.59. The second-order valence-electron chi connectivity index (χ2n) is 12.5. The van der Waals surface area contributed by atoms with Crippen molar-refractivity contribution in [2.45, 2.75) is 110 Å². The van der Waals surface area contributed by atoms with Gasteiger partial charge in [0.05, 0.1) is 12.1 Å². The van der Waals surface area contributed by atoms with Crippen LogP contribution in [0.5, 0.6) is 0 Å². The number of rotatable bonds is 15. The van der Waals surface area contributed by atoms with Gasteiger partial charge in [0.25, 0.3) is 5.91 Å². The van der Waals surface area contributed by atoms with Gasteiger partial charge in [-0.25, -0.2) is 5.43 Å². The molecule has 0 radical (unpaired) electrons. The van der Waals surface area contributed by atoms with Crippen LogP contribution in [0.15, 0.2) is 23.8 Å². The van der Waals surface area contributed by atoms with Crippen molar-refractivity contribution in [2.24, 2.45) is 11.8 Å². The van der Waals surface area contributed by atoms with E-state index in [2.05, 4.69) is 22.1 Å². The van der Waals surface area contributed by atoms with E-state index in [4.69, 9.17) is 0 Å². The number of carbonyl (C=O) groups is 5. The molecule has 0 bridgehead atoms. The lowest BCUT2D eigenvalue weighted by Crippen LogP contribution is -2.65. The summed E-state index contributed by atoms with van der Waals surface area (Å²) in [6.07, 6.45) is 11.0. The van der Waals surface area contributed by atoms with E-state index < -0.39 is 36.1 Å². The van der Waals surface area contributed by atoms with Gasteiger partial charge in [0, 0.05) is 27.1 Å². The van der Waals surface area contributed by atoms with Crippen LogP contribution in [0, 0.1) is 11.8 Å². The van der Waals surface area contributed by atoms with E-state index in [1.807, 2.05) is 46.8 Å². The number of amides is 4. The first kappa shape index (κ1) is 36.1. The first-order valence-corrected chi connectivity index (χ1v) is 15.8. The van der Waals surface area contributed by atoms with Crippen molar-refractivity contribution in [2.75, 3.05) is 27.7 Å². The first-order valence-electron chi connectivity index (χ1n) is 15.8. The molecule has 1 aliphatic carbocycles. The minimum Gasteiger partial charge on any atom is -0.345 e. The number of hydrogen-bond acceptors (Lipinski definition) is 7. The molecule has 5 atom stereocenters. The highest BCUT2D eigenvalue weighted by Gasteiger charge is 2.41. The third-order valence-electron chi connectivity index (χ3n) is 8.40. The zero-order valence-electron chi connectivity index (χ0n) is 27.4. The second-order valence-corrected chi connectivity index (χ2v) is 12.5. The zero-order valence-corrected chi connectivity index (χ0v) is 27.4. The van der Waals surface area contributed by atoms with Crippen LogP contribution >= 0.6 is 0 Å². The highest BCUT2D eigenvalue weighted by atomic mass is 16.2. The van der Waals surface area contributed by atoms with E-state index >= 15 is 0 Å². The van der Waals surface area contributed by atoms with Gasteiger partial charge in [-0.3, -0.25) is 24.2 Å². The molecule has 1 fully saturated rings. The molecule has 5 unspecified atom stereocenters. The van der Waals surface area contributed by atoms with Gasteiger partial charge in [0.15, 0.2) is 0 Å². The Morgan fingerprint density at radius 2 is 1.79 bits per heavy atom. The Bertz CT molecular complexity index is 1040.